The zero-order chi connectivity index (χ0) is 21.4. The minimum atomic E-state index is -0.476. The summed E-state index contributed by atoms with van der Waals surface area (Å²) in [6.45, 7) is 6.58. The first-order chi connectivity index (χ1) is 14.3. The van der Waals surface area contributed by atoms with Crippen LogP contribution in [0.5, 0.6) is 0 Å². The molecule has 30 heavy (non-hydrogen) atoms. The molecule has 9 heteroatoms. The smallest absolute Gasteiger partial charge is 0.272 e. The number of aromatic nitrogens is 2. The van der Waals surface area contributed by atoms with E-state index >= 15 is 0 Å². The molecule has 0 bridgehead atoms. The van der Waals surface area contributed by atoms with Crippen molar-refractivity contribution in [3.05, 3.63) is 64.0 Å². The van der Waals surface area contributed by atoms with Crippen LogP contribution in [-0.4, -0.2) is 50.8 Å². The van der Waals surface area contributed by atoms with E-state index in [-0.39, 0.29) is 23.8 Å². The Labute approximate surface area is 173 Å². The Bertz CT molecular complexity index is 1090. The number of benzene rings is 1. The van der Waals surface area contributed by atoms with Gasteiger partial charge in [-0.2, -0.15) is 5.10 Å². The van der Waals surface area contributed by atoms with Crippen LogP contribution in [0, 0.1) is 17.0 Å². The number of carbonyl (C=O) groups is 1. The van der Waals surface area contributed by atoms with E-state index in [1.54, 1.807) is 29.2 Å². The van der Waals surface area contributed by atoms with Gasteiger partial charge in [-0.15, -0.1) is 0 Å². The van der Waals surface area contributed by atoms with Gasteiger partial charge in [0.15, 0.2) is 5.76 Å². The highest BCUT2D eigenvalue weighted by molar-refractivity contribution is 5.94. The number of morpholine rings is 1. The highest BCUT2D eigenvalue weighted by atomic mass is 16.6. The van der Waals surface area contributed by atoms with Gasteiger partial charge in [0, 0.05) is 31.3 Å². The van der Waals surface area contributed by atoms with Crippen molar-refractivity contribution in [3.63, 3.8) is 0 Å². The van der Waals surface area contributed by atoms with Gasteiger partial charge in [-0.3, -0.25) is 14.9 Å². The van der Waals surface area contributed by atoms with Crippen LogP contribution in [-0.2, 0) is 4.74 Å². The van der Waals surface area contributed by atoms with E-state index in [1.807, 2.05) is 26.8 Å². The topological polar surface area (TPSA) is 104 Å². The average molecular weight is 410 g/mol. The number of carbonyl (C=O) groups excluding carboxylic acids is 1. The van der Waals surface area contributed by atoms with E-state index in [9.17, 15) is 14.9 Å². The van der Waals surface area contributed by atoms with E-state index in [4.69, 9.17) is 9.15 Å². The number of nitro groups is 1. The Morgan fingerprint density at radius 1 is 1.17 bits per heavy atom. The maximum Gasteiger partial charge on any atom is 0.272 e. The van der Waals surface area contributed by atoms with Gasteiger partial charge in [-0.1, -0.05) is 6.07 Å². The van der Waals surface area contributed by atoms with E-state index in [0.29, 0.717) is 35.9 Å². The summed E-state index contributed by atoms with van der Waals surface area (Å²) in [5.74, 6) is 1.03. The summed E-state index contributed by atoms with van der Waals surface area (Å²) in [5, 5.41) is 15.8. The number of aryl methyl sites for hydroxylation is 1. The molecular formula is C21H22N4O5. The van der Waals surface area contributed by atoms with Crippen LogP contribution in [0.1, 0.15) is 30.1 Å². The van der Waals surface area contributed by atoms with Crippen molar-refractivity contribution < 1.29 is 18.9 Å². The molecule has 1 saturated heterocycles. The molecule has 3 heterocycles. The van der Waals surface area contributed by atoms with Gasteiger partial charge in [-0.25, -0.2) is 4.68 Å². The largest absolute Gasteiger partial charge is 0.460 e. The number of ether oxygens (including phenoxy) is 1. The van der Waals surface area contributed by atoms with Crippen LogP contribution in [0.3, 0.4) is 0 Å². The van der Waals surface area contributed by atoms with Crippen molar-refractivity contribution >= 4 is 11.6 Å². The molecule has 2 aromatic heterocycles. The molecule has 1 aliphatic heterocycles. The lowest BCUT2D eigenvalue weighted by molar-refractivity contribution is -0.384. The van der Waals surface area contributed by atoms with Crippen LogP contribution in [0.2, 0.25) is 0 Å². The summed E-state index contributed by atoms with van der Waals surface area (Å²) in [6.07, 6.45) is -0.168. The minimum absolute atomic E-state index is 0.0783. The lowest BCUT2D eigenvalue weighted by Crippen LogP contribution is -2.48. The number of furan rings is 1. The molecule has 0 aliphatic carbocycles. The molecule has 1 aliphatic rings. The Kier molecular flexibility index (Phi) is 5.13. The number of hydrogen-bond acceptors (Lipinski definition) is 6. The van der Waals surface area contributed by atoms with Gasteiger partial charge in [0.05, 0.1) is 22.8 Å². The van der Waals surface area contributed by atoms with Gasteiger partial charge in [0.1, 0.15) is 17.1 Å². The second kappa shape index (κ2) is 7.75. The number of nitrogens with zero attached hydrogens (tertiary/aromatic N) is 4. The first kappa shape index (κ1) is 19.8. The third kappa shape index (κ3) is 3.84. The molecule has 4 rings (SSSR count). The lowest BCUT2D eigenvalue weighted by Gasteiger charge is -2.35. The number of nitro benzene ring substituents is 1. The zero-order valence-corrected chi connectivity index (χ0v) is 16.9. The van der Waals surface area contributed by atoms with Crippen LogP contribution < -0.4 is 0 Å². The third-order valence-electron chi connectivity index (χ3n) is 4.91. The van der Waals surface area contributed by atoms with Gasteiger partial charge in [0.25, 0.3) is 11.6 Å². The monoisotopic (exact) mass is 410 g/mol. The van der Waals surface area contributed by atoms with Crippen molar-refractivity contribution in [1.82, 2.24) is 14.7 Å². The second-order valence-corrected chi connectivity index (χ2v) is 7.48. The van der Waals surface area contributed by atoms with Gasteiger partial charge >= 0.3 is 0 Å². The molecule has 9 nitrogen and oxygen atoms in total. The van der Waals surface area contributed by atoms with Crippen LogP contribution >= 0.6 is 0 Å². The quantitative estimate of drug-likeness (QED) is 0.481. The molecule has 0 spiro atoms. The predicted octanol–water partition coefficient (Wildman–Crippen LogP) is 3.60. The maximum atomic E-state index is 13.4. The summed E-state index contributed by atoms with van der Waals surface area (Å²) in [6, 6.07) is 11.3. The van der Waals surface area contributed by atoms with E-state index in [2.05, 4.69) is 5.10 Å². The van der Waals surface area contributed by atoms with Gasteiger partial charge in [-0.05, 0) is 39.0 Å². The third-order valence-corrected chi connectivity index (χ3v) is 4.91. The molecule has 0 saturated carbocycles. The number of amides is 1. The van der Waals surface area contributed by atoms with E-state index in [0.717, 1.165) is 5.76 Å². The summed E-state index contributed by atoms with van der Waals surface area (Å²) in [7, 11) is 0. The SMILES string of the molecule is Cc1ccc(-c2cc(C(=O)N3CC(C)OC(C)C3)n(-c3cccc([N+](=O)[O-])c3)n2)o1. The van der Waals surface area contributed by atoms with E-state index < -0.39 is 4.92 Å². The molecule has 1 fully saturated rings. The van der Waals surface area contributed by atoms with Gasteiger partial charge in [0.2, 0.25) is 0 Å². The summed E-state index contributed by atoms with van der Waals surface area (Å²) < 4.78 is 12.8. The zero-order valence-electron chi connectivity index (χ0n) is 16.9. The molecule has 1 amide bonds. The lowest BCUT2D eigenvalue weighted by atomic mass is 10.2. The van der Waals surface area contributed by atoms with Crippen LogP contribution in [0.4, 0.5) is 5.69 Å². The van der Waals surface area contributed by atoms with Crippen molar-refractivity contribution in [2.45, 2.75) is 33.0 Å². The van der Waals surface area contributed by atoms with Crippen molar-refractivity contribution in [2.24, 2.45) is 0 Å². The van der Waals surface area contributed by atoms with E-state index in [1.165, 1.54) is 16.8 Å². The fourth-order valence-electron chi connectivity index (χ4n) is 3.67. The molecule has 3 aromatic rings. The Hall–Kier alpha value is -3.46. The number of non-ortho nitro benzene ring substituents is 1. The second-order valence-electron chi connectivity index (χ2n) is 7.48. The Morgan fingerprint density at radius 2 is 1.90 bits per heavy atom. The predicted molar refractivity (Wildman–Crippen MR) is 109 cm³/mol. The van der Waals surface area contributed by atoms with Crippen LogP contribution in [0.25, 0.3) is 17.1 Å². The number of hydrogen-bond donors (Lipinski definition) is 0. The molecule has 2 unspecified atom stereocenters. The van der Waals surface area contributed by atoms with Gasteiger partial charge < -0.3 is 14.1 Å². The van der Waals surface area contributed by atoms with Crippen molar-refractivity contribution in [3.8, 4) is 17.1 Å². The highest BCUT2D eigenvalue weighted by Crippen LogP contribution is 2.26. The fourth-order valence-corrected chi connectivity index (χ4v) is 3.67. The molecule has 0 radical (unpaired) electrons. The molecule has 1 aromatic carbocycles. The molecule has 156 valence electrons. The Balaban J connectivity index is 1.80. The standard InChI is InChI=1S/C21H22N4O5/c1-13-7-8-20(30-13)18-10-19(21(26)23-11-14(2)29-15(3)12-23)24(22-18)16-5-4-6-17(9-16)25(27)28/h4-10,14-15H,11-12H2,1-3H3. The van der Waals surface area contributed by atoms with Crippen molar-refractivity contribution in [1.29, 1.82) is 0 Å². The first-order valence-electron chi connectivity index (χ1n) is 9.68. The fraction of sp³-hybridized carbons (Fsp3) is 0.333. The molecular weight excluding hydrogens is 388 g/mol. The first-order valence-corrected chi connectivity index (χ1v) is 9.68. The normalized spacial score (nSPS) is 19.1. The summed E-state index contributed by atoms with van der Waals surface area (Å²) >= 11 is 0. The maximum absolute atomic E-state index is 13.4. The minimum Gasteiger partial charge on any atom is -0.460 e. The van der Waals surface area contributed by atoms with Crippen LogP contribution in [0.15, 0.2) is 46.9 Å². The summed E-state index contributed by atoms with van der Waals surface area (Å²) in [4.78, 5) is 25.9. The average Bonchev–Trinajstić information content (AvgIpc) is 3.33. The molecule has 0 N–H and O–H groups in total. The summed E-state index contributed by atoms with van der Waals surface area (Å²) in [5.41, 5.74) is 1.13. The van der Waals surface area contributed by atoms with Crippen molar-refractivity contribution in [2.75, 3.05) is 13.1 Å². The molecule has 2 atom stereocenters. The Morgan fingerprint density at radius 3 is 2.53 bits per heavy atom. The number of rotatable bonds is 4. The highest BCUT2D eigenvalue weighted by Gasteiger charge is 2.30.